The van der Waals surface area contributed by atoms with Crippen LogP contribution in [0.15, 0.2) is 66.7 Å². The lowest BCUT2D eigenvalue weighted by molar-refractivity contribution is 0.102. The third-order valence-electron chi connectivity index (χ3n) is 5.35. The number of aromatic nitrogens is 1. The molecule has 4 rings (SSSR count). The number of amides is 1. The SMILES string of the molecule is CCOc1ccc(-n2c(C)c(C(=O)Nc3ccc(C)cc3)c3cc(OC)ccc32)cc1. The van der Waals surface area contributed by atoms with Crippen LogP contribution in [0.4, 0.5) is 5.69 Å². The van der Waals surface area contributed by atoms with Gasteiger partial charge in [-0.05, 0) is 75.4 Å². The molecule has 4 aromatic rings. The number of methoxy groups -OCH3 is 1. The third kappa shape index (κ3) is 3.99. The Balaban J connectivity index is 1.83. The predicted molar refractivity (Wildman–Crippen MR) is 125 cm³/mol. The zero-order valence-corrected chi connectivity index (χ0v) is 18.2. The molecular formula is C26H26N2O3. The van der Waals surface area contributed by atoms with Crippen molar-refractivity contribution >= 4 is 22.5 Å². The second-order valence-electron chi connectivity index (χ2n) is 7.43. The molecule has 0 aliphatic heterocycles. The van der Waals surface area contributed by atoms with E-state index in [4.69, 9.17) is 9.47 Å². The average Bonchev–Trinajstić information content (AvgIpc) is 3.07. The lowest BCUT2D eigenvalue weighted by Gasteiger charge is -2.11. The van der Waals surface area contributed by atoms with Crippen molar-refractivity contribution in [3.63, 3.8) is 0 Å². The van der Waals surface area contributed by atoms with Crippen molar-refractivity contribution in [1.29, 1.82) is 0 Å². The van der Waals surface area contributed by atoms with Crippen LogP contribution in [0.5, 0.6) is 11.5 Å². The summed E-state index contributed by atoms with van der Waals surface area (Å²) < 4.78 is 13.1. The highest BCUT2D eigenvalue weighted by Gasteiger charge is 2.21. The molecule has 1 heterocycles. The van der Waals surface area contributed by atoms with E-state index < -0.39 is 0 Å². The maximum atomic E-state index is 13.3. The molecule has 0 aliphatic rings. The van der Waals surface area contributed by atoms with E-state index >= 15 is 0 Å². The highest BCUT2D eigenvalue weighted by atomic mass is 16.5. The molecular weight excluding hydrogens is 388 g/mol. The Bertz CT molecular complexity index is 1220. The van der Waals surface area contributed by atoms with E-state index in [0.717, 1.165) is 39.3 Å². The second-order valence-corrected chi connectivity index (χ2v) is 7.43. The molecule has 3 aromatic carbocycles. The first-order valence-corrected chi connectivity index (χ1v) is 10.3. The first kappa shape index (κ1) is 20.5. The Labute approximate surface area is 182 Å². The Morgan fingerprint density at radius 1 is 0.935 bits per heavy atom. The van der Waals surface area contributed by atoms with Crippen molar-refractivity contribution in [1.82, 2.24) is 4.57 Å². The molecule has 0 radical (unpaired) electrons. The van der Waals surface area contributed by atoms with Gasteiger partial charge in [-0.1, -0.05) is 17.7 Å². The molecule has 5 heteroatoms. The zero-order valence-electron chi connectivity index (χ0n) is 18.2. The number of aryl methyl sites for hydroxylation is 1. The van der Waals surface area contributed by atoms with Gasteiger partial charge < -0.3 is 19.4 Å². The fourth-order valence-corrected chi connectivity index (χ4v) is 3.83. The van der Waals surface area contributed by atoms with Gasteiger partial charge in [0, 0.05) is 22.5 Å². The van der Waals surface area contributed by atoms with E-state index in [0.29, 0.717) is 17.9 Å². The average molecular weight is 415 g/mol. The number of nitrogens with one attached hydrogen (secondary N) is 1. The number of ether oxygens (including phenoxy) is 2. The van der Waals surface area contributed by atoms with E-state index in [-0.39, 0.29) is 5.91 Å². The van der Waals surface area contributed by atoms with Crippen LogP contribution < -0.4 is 14.8 Å². The molecule has 0 saturated carbocycles. The zero-order chi connectivity index (χ0) is 22.0. The summed E-state index contributed by atoms with van der Waals surface area (Å²) >= 11 is 0. The summed E-state index contributed by atoms with van der Waals surface area (Å²) in [6.07, 6.45) is 0. The van der Waals surface area contributed by atoms with Gasteiger partial charge in [0.15, 0.2) is 0 Å². The normalized spacial score (nSPS) is 10.8. The second kappa shape index (κ2) is 8.56. The lowest BCUT2D eigenvalue weighted by atomic mass is 10.1. The smallest absolute Gasteiger partial charge is 0.258 e. The van der Waals surface area contributed by atoms with Crippen LogP contribution in [0.3, 0.4) is 0 Å². The van der Waals surface area contributed by atoms with E-state index in [1.54, 1.807) is 7.11 Å². The van der Waals surface area contributed by atoms with Crippen molar-refractivity contribution < 1.29 is 14.3 Å². The summed E-state index contributed by atoms with van der Waals surface area (Å²) in [6, 6.07) is 21.5. The van der Waals surface area contributed by atoms with Crippen molar-refractivity contribution in [2.45, 2.75) is 20.8 Å². The van der Waals surface area contributed by atoms with Gasteiger partial charge >= 0.3 is 0 Å². The highest BCUT2D eigenvalue weighted by Crippen LogP contribution is 2.33. The molecule has 158 valence electrons. The number of anilines is 1. The summed E-state index contributed by atoms with van der Waals surface area (Å²) in [5.74, 6) is 1.38. The van der Waals surface area contributed by atoms with Gasteiger partial charge in [0.2, 0.25) is 0 Å². The van der Waals surface area contributed by atoms with Gasteiger partial charge in [-0.15, -0.1) is 0 Å². The van der Waals surface area contributed by atoms with Crippen LogP contribution in [0.2, 0.25) is 0 Å². The minimum Gasteiger partial charge on any atom is -0.497 e. The van der Waals surface area contributed by atoms with Gasteiger partial charge in [0.1, 0.15) is 11.5 Å². The Hall–Kier alpha value is -3.73. The van der Waals surface area contributed by atoms with Crippen molar-refractivity contribution in [3.8, 4) is 17.2 Å². The number of nitrogens with zero attached hydrogens (tertiary/aromatic N) is 1. The minimum absolute atomic E-state index is 0.149. The topological polar surface area (TPSA) is 52.5 Å². The predicted octanol–water partition coefficient (Wildman–Crippen LogP) is 5.91. The number of carbonyl (C=O) groups is 1. The molecule has 0 bridgehead atoms. The Morgan fingerprint density at radius 3 is 2.26 bits per heavy atom. The largest absolute Gasteiger partial charge is 0.497 e. The molecule has 1 aromatic heterocycles. The fourth-order valence-electron chi connectivity index (χ4n) is 3.83. The minimum atomic E-state index is -0.149. The summed E-state index contributed by atoms with van der Waals surface area (Å²) in [4.78, 5) is 13.3. The molecule has 5 nitrogen and oxygen atoms in total. The highest BCUT2D eigenvalue weighted by molar-refractivity contribution is 6.14. The van der Waals surface area contributed by atoms with Crippen LogP contribution >= 0.6 is 0 Å². The van der Waals surface area contributed by atoms with Crippen LogP contribution in [0.25, 0.3) is 16.6 Å². The van der Waals surface area contributed by atoms with Crippen molar-refractivity contribution in [2.24, 2.45) is 0 Å². The van der Waals surface area contributed by atoms with Crippen LogP contribution in [-0.4, -0.2) is 24.2 Å². The van der Waals surface area contributed by atoms with Gasteiger partial charge in [-0.3, -0.25) is 4.79 Å². The maximum Gasteiger partial charge on any atom is 0.258 e. The third-order valence-corrected chi connectivity index (χ3v) is 5.35. The number of rotatable bonds is 6. The first-order valence-electron chi connectivity index (χ1n) is 10.3. The molecule has 0 saturated heterocycles. The maximum absolute atomic E-state index is 13.3. The van der Waals surface area contributed by atoms with Gasteiger partial charge in [-0.2, -0.15) is 0 Å². The van der Waals surface area contributed by atoms with Crippen LogP contribution in [-0.2, 0) is 0 Å². The number of hydrogen-bond donors (Lipinski definition) is 1. The summed E-state index contributed by atoms with van der Waals surface area (Å²) in [7, 11) is 1.63. The molecule has 0 aliphatic carbocycles. The Kier molecular flexibility index (Phi) is 5.67. The molecule has 0 atom stereocenters. The molecule has 1 N–H and O–H groups in total. The van der Waals surface area contributed by atoms with Gasteiger partial charge in [0.25, 0.3) is 5.91 Å². The molecule has 0 spiro atoms. The quantitative estimate of drug-likeness (QED) is 0.427. The lowest BCUT2D eigenvalue weighted by Crippen LogP contribution is -2.13. The summed E-state index contributed by atoms with van der Waals surface area (Å²) in [6.45, 7) is 6.57. The number of fused-ring (bicyclic) bond motifs is 1. The number of hydrogen-bond acceptors (Lipinski definition) is 3. The van der Waals surface area contributed by atoms with Crippen LogP contribution in [0, 0.1) is 13.8 Å². The summed E-state index contributed by atoms with van der Waals surface area (Å²) in [5.41, 5.74) is 5.30. The molecule has 0 unspecified atom stereocenters. The monoisotopic (exact) mass is 414 g/mol. The first-order chi connectivity index (χ1) is 15.0. The van der Waals surface area contributed by atoms with Gasteiger partial charge in [-0.25, -0.2) is 0 Å². The van der Waals surface area contributed by atoms with Crippen molar-refractivity contribution in [3.05, 3.63) is 83.6 Å². The summed E-state index contributed by atoms with van der Waals surface area (Å²) in [5, 5.41) is 3.88. The molecule has 31 heavy (non-hydrogen) atoms. The fraction of sp³-hybridized carbons (Fsp3) is 0.192. The number of benzene rings is 3. The van der Waals surface area contributed by atoms with E-state index in [1.165, 1.54) is 0 Å². The molecule has 1 amide bonds. The van der Waals surface area contributed by atoms with Gasteiger partial charge in [0.05, 0.1) is 24.8 Å². The van der Waals surface area contributed by atoms with Crippen molar-refractivity contribution in [2.75, 3.05) is 19.0 Å². The number of carbonyl (C=O) groups excluding carboxylic acids is 1. The Morgan fingerprint density at radius 2 is 1.61 bits per heavy atom. The van der Waals surface area contributed by atoms with Crippen LogP contribution in [0.1, 0.15) is 28.5 Å². The van der Waals surface area contributed by atoms with E-state index in [2.05, 4.69) is 9.88 Å². The molecule has 0 fully saturated rings. The van der Waals surface area contributed by atoms with E-state index in [9.17, 15) is 4.79 Å². The van der Waals surface area contributed by atoms with E-state index in [1.807, 2.05) is 87.5 Å². The standard InChI is InChI=1S/C26H26N2O3/c1-5-31-21-12-10-20(11-13-21)28-18(3)25(23-16-22(30-4)14-15-24(23)28)26(29)27-19-8-6-17(2)7-9-19/h6-16H,5H2,1-4H3,(H,27,29).